The van der Waals surface area contributed by atoms with E-state index < -0.39 is 0 Å². The molecule has 1 saturated heterocycles. The van der Waals surface area contributed by atoms with Crippen LogP contribution in [0.3, 0.4) is 0 Å². The molecular weight excluding hydrogens is 194 g/mol. The second-order valence-electron chi connectivity index (χ2n) is 3.82. The van der Waals surface area contributed by atoms with Gasteiger partial charge in [0.15, 0.2) is 0 Å². The minimum atomic E-state index is -0.0345. The molecule has 0 spiro atoms. The summed E-state index contributed by atoms with van der Waals surface area (Å²) in [6.45, 7) is 6.46. The van der Waals surface area contributed by atoms with Gasteiger partial charge in [-0.1, -0.05) is 13.8 Å². The molecule has 1 aliphatic rings. The summed E-state index contributed by atoms with van der Waals surface area (Å²) >= 11 is 0. The van der Waals surface area contributed by atoms with E-state index in [9.17, 15) is 9.59 Å². The number of rotatable bonds is 5. The quantitative estimate of drug-likeness (QED) is 0.684. The van der Waals surface area contributed by atoms with Gasteiger partial charge in [-0.3, -0.25) is 4.79 Å². The molecule has 5 nitrogen and oxygen atoms in total. The minimum absolute atomic E-state index is 0.0345. The number of nitrogens with one attached hydrogen (secondary N) is 2. The molecule has 1 heterocycles. The van der Waals surface area contributed by atoms with Crippen LogP contribution in [0.2, 0.25) is 0 Å². The molecule has 2 N–H and O–H groups in total. The highest BCUT2D eigenvalue weighted by Gasteiger charge is 2.19. The molecule has 0 radical (unpaired) electrons. The summed E-state index contributed by atoms with van der Waals surface area (Å²) in [6, 6.07) is -0.0345. The summed E-state index contributed by atoms with van der Waals surface area (Å²) in [5.41, 5.74) is 0. The number of carbonyl (C=O) groups is 2. The molecule has 0 aromatic heterocycles. The van der Waals surface area contributed by atoms with Crippen molar-refractivity contribution in [3.05, 3.63) is 0 Å². The molecule has 1 unspecified atom stereocenters. The minimum Gasteiger partial charge on any atom is -0.354 e. The van der Waals surface area contributed by atoms with Gasteiger partial charge < -0.3 is 15.5 Å². The number of carbonyl (C=O) groups excluding carboxylic acids is 2. The van der Waals surface area contributed by atoms with E-state index in [1.807, 2.05) is 13.8 Å². The smallest absolute Gasteiger partial charge is 0.317 e. The number of hydrogen-bond donors (Lipinski definition) is 2. The largest absolute Gasteiger partial charge is 0.354 e. The molecule has 1 fully saturated rings. The molecular formula is C10H19N3O2. The van der Waals surface area contributed by atoms with E-state index in [-0.39, 0.29) is 17.9 Å². The highest BCUT2D eigenvalue weighted by Crippen LogP contribution is 1.99. The molecule has 5 heteroatoms. The van der Waals surface area contributed by atoms with Crippen molar-refractivity contribution in [1.29, 1.82) is 0 Å². The average Bonchev–Trinajstić information content (AvgIpc) is 2.63. The van der Waals surface area contributed by atoms with Crippen LogP contribution >= 0.6 is 0 Å². The molecule has 0 aromatic rings. The first-order valence-electron chi connectivity index (χ1n) is 5.45. The molecule has 1 rings (SSSR count). The van der Waals surface area contributed by atoms with Crippen molar-refractivity contribution in [2.45, 2.75) is 20.3 Å². The van der Waals surface area contributed by atoms with Gasteiger partial charge >= 0.3 is 6.03 Å². The van der Waals surface area contributed by atoms with Gasteiger partial charge in [0.25, 0.3) is 0 Å². The number of hydrogen-bond acceptors (Lipinski definition) is 2. The predicted molar refractivity (Wildman–Crippen MR) is 57.4 cm³/mol. The second kappa shape index (κ2) is 5.58. The van der Waals surface area contributed by atoms with E-state index in [4.69, 9.17) is 0 Å². The van der Waals surface area contributed by atoms with Crippen LogP contribution in [0.25, 0.3) is 0 Å². The van der Waals surface area contributed by atoms with Crippen molar-refractivity contribution in [1.82, 2.24) is 15.5 Å². The fraction of sp³-hybridized carbons (Fsp3) is 0.800. The lowest BCUT2D eigenvalue weighted by Gasteiger charge is -2.15. The molecule has 1 atom stereocenters. The van der Waals surface area contributed by atoms with Crippen LogP contribution in [0.15, 0.2) is 0 Å². The summed E-state index contributed by atoms with van der Waals surface area (Å²) in [4.78, 5) is 24.2. The summed E-state index contributed by atoms with van der Waals surface area (Å²) in [5, 5.41) is 5.54. The van der Waals surface area contributed by atoms with Crippen LogP contribution < -0.4 is 10.6 Å². The van der Waals surface area contributed by atoms with Gasteiger partial charge in [0, 0.05) is 32.1 Å². The molecule has 0 aliphatic carbocycles. The maximum Gasteiger partial charge on any atom is 0.317 e. The molecule has 3 amide bonds. The van der Waals surface area contributed by atoms with E-state index >= 15 is 0 Å². The van der Waals surface area contributed by atoms with Crippen LogP contribution in [0, 0.1) is 5.92 Å². The molecule has 1 aliphatic heterocycles. The van der Waals surface area contributed by atoms with Crippen molar-refractivity contribution in [3.8, 4) is 0 Å². The Labute approximate surface area is 90.2 Å². The van der Waals surface area contributed by atoms with Gasteiger partial charge in [-0.15, -0.1) is 0 Å². The lowest BCUT2D eigenvalue weighted by Crippen LogP contribution is -2.38. The van der Waals surface area contributed by atoms with Gasteiger partial charge in [0.2, 0.25) is 5.91 Å². The summed E-state index contributed by atoms with van der Waals surface area (Å²) in [5.74, 6) is 0.120. The predicted octanol–water partition coefficient (Wildman–Crippen LogP) is 0.174. The van der Waals surface area contributed by atoms with Crippen LogP contribution in [-0.4, -0.2) is 43.0 Å². The van der Waals surface area contributed by atoms with Crippen LogP contribution in [0.5, 0.6) is 0 Å². The fourth-order valence-electron chi connectivity index (χ4n) is 1.40. The zero-order valence-electron chi connectivity index (χ0n) is 9.38. The average molecular weight is 213 g/mol. The van der Waals surface area contributed by atoms with Gasteiger partial charge in [-0.2, -0.15) is 0 Å². The first kappa shape index (κ1) is 11.8. The Morgan fingerprint density at radius 3 is 2.93 bits per heavy atom. The Bertz CT molecular complexity index is 243. The Morgan fingerprint density at radius 1 is 1.67 bits per heavy atom. The number of nitrogens with zero attached hydrogens (tertiary/aromatic N) is 1. The van der Waals surface area contributed by atoms with Crippen molar-refractivity contribution in [3.63, 3.8) is 0 Å². The number of urea groups is 1. The van der Waals surface area contributed by atoms with E-state index in [1.54, 1.807) is 4.90 Å². The van der Waals surface area contributed by atoms with E-state index in [0.717, 1.165) is 13.0 Å². The second-order valence-corrected chi connectivity index (χ2v) is 3.82. The normalized spacial score (nSPS) is 17.5. The fourth-order valence-corrected chi connectivity index (χ4v) is 1.40. The van der Waals surface area contributed by atoms with Gasteiger partial charge in [0.1, 0.15) is 0 Å². The zero-order valence-corrected chi connectivity index (χ0v) is 9.38. The van der Waals surface area contributed by atoms with Crippen LogP contribution in [0.1, 0.15) is 20.3 Å². The molecule has 86 valence electrons. The first-order chi connectivity index (χ1) is 7.15. The third kappa shape index (κ3) is 3.42. The maximum absolute atomic E-state index is 11.4. The molecule has 0 bridgehead atoms. The number of amides is 3. The Hall–Kier alpha value is -1.26. The van der Waals surface area contributed by atoms with E-state index in [2.05, 4.69) is 10.6 Å². The SMILES string of the molecule is CCC(C)C(=O)NCCN1CCNC1=O. The summed E-state index contributed by atoms with van der Waals surface area (Å²) in [6.07, 6.45) is 0.843. The van der Waals surface area contributed by atoms with Gasteiger partial charge in [-0.25, -0.2) is 4.79 Å². The first-order valence-corrected chi connectivity index (χ1v) is 5.45. The van der Waals surface area contributed by atoms with Crippen molar-refractivity contribution < 1.29 is 9.59 Å². The third-order valence-electron chi connectivity index (χ3n) is 2.69. The van der Waals surface area contributed by atoms with Gasteiger partial charge in [0.05, 0.1) is 0 Å². The summed E-state index contributed by atoms with van der Waals surface area (Å²) in [7, 11) is 0. The van der Waals surface area contributed by atoms with Crippen LogP contribution in [0.4, 0.5) is 4.79 Å². The van der Waals surface area contributed by atoms with Crippen molar-refractivity contribution in [2.24, 2.45) is 5.92 Å². The molecule has 15 heavy (non-hydrogen) atoms. The monoisotopic (exact) mass is 213 g/mol. The Kier molecular flexibility index (Phi) is 4.39. The standard InChI is InChI=1S/C10H19N3O2/c1-3-8(2)9(14)11-4-6-13-7-5-12-10(13)15/h8H,3-7H2,1-2H3,(H,11,14)(H,12,15). The van der Waals surface area contributed by atoms with Crippen molar-refractivity contribution in [2.75, 3.05) is 26.2 Å². The van der Waals surface area contributed by atoms with Crippen molar-refractivity contribution >= 4 is 11.9 Å². The van der Waals surface area contributed by atoms with E-state index in [0.29, 0.717) is 19.6 Å². The topological polar surface area (TPSA) is 61.4 Å². The third-order valence-corrected chi connectivity index (χ3v) is 2.69. The lowest BCUT2D eigenvalue weighted by atomic mass is 10.1. The molecule has 0 saturated carbocycles. The lowest BCUT2D eigenvalue weighted by molar-refractivity contribution is -0.124. The zero-order chi connectivity index (χ0) is 11.3. The highest BCUT2D eigenvalue weighted by molar-refractivity contribution is 5.78. The van der Waals surface area contributed by atoms with E-state index in [1.165, 1.54) is 0 Å². The Balaban J connectivity index is 2.15. The molecule has 0 aromatic carbocycles. The van der Waals surface area contributed by atoms with Crippen LogP contribution in [-0.2, 0) is 4.79 Å². The highest BCUT2D eigenvalue weighted by atomic mass is 16.2. The maximum atomic E-state index is 11.4. The Morgan fingerprint density at radius 2 is 2.40 bits per heavy atom. The van der Waals surface area contributed by atoms with Gasteiger partial charge in [-0.05, 0) is 6.42 Å². The summed E-state index contributed by atoms with van der Waals surface area (Å²) < 4.78 is 0.